The van der Waals surface area contributed by atoms with Crippen LogP contribution in [-0.2, 0) is 19.6 Å². The van der Waals surface area contributed by atoms with Gasteiger partial charge in [-0.1, -0.05) is 18.2 Å². The molecule has 2 amide bonds. The number of hydrogen-bond donors (Lipinski definition) is 2. The Labute approximate surface area is 213 Å². The van der Waals surface area contributed by atoms with Gasteiger partial charge >= 0.3 is 0 Å². The van der Waals surface area contributed by atoms with Gasteiger partial charge in [-0.05, 0) is 60.9 Å². The van der Waals surface area contributed by atoms with E-state index in [9.17, 15) is 22.4 Å². The summed E-state index contributed by atoms with van der Waals surface area (Å²) in [5.74, 6) is -1.78. The molecule has 0 atom stereocenters. The molecule has 0 bridgehead atoms. The average Bonchev–Trinajstić information content (AvgIpc) is 2.87. The van der Waals surface area contributed by atoms with Crippen molar-refractivity contribution in [3.63, 3.8) is 0 Å². The quantitative estimate of drug-likeness (QED) is 0.288. The molecule has 0 heterocycles. The first-order chi connectivity index (χ1) is 17.3. The molecule has 11 heteroatoms. The number of rotatable bonds is 11. The molecule has 0 saturated carbocycles. The normalized spacial score (nSPS) is 11.1. The number of methoxy groups -OCH3 is 1. The predicted molar refractivity (Wildman–Crippen MR) is 138 cm³/mol. The van der Waals surface area contributed by atoms with Gasteiger partial charge < -0.3 is 15.4 Å². The summed E-state index contributed by atoms with van der Waals surface area (Å²) in [6.07, 6.45) is 1.86. The second-order valence-electron chi connectivity index (χ2n) is 7.51. The maximum absolute atomic E-state index is 14.0. The fourth-order valence-corrected chi connectivity index (χ4v) is 5.11. The number of ether oxygens (including phenoxy) is 1. The van der Waals surface area contributed by atoms with Crippen LogP contribution in [0.5, 0.6) is 0 Å². The fourth-order valence-electron chi connectivity index (χ4n) is 3.29. The third kappa shape index (κ3) is 6.84. The summed E-state index contributed by atoms with van der Waals surface area (Å²) in [4.78, 5) is 26.4. The standard InChI is InChI=1S/C25H26FN3O5S2/c1-34-15-14-27-25(31)22-8-3-4-9-23(22)28-24(30)17-29(19-7-5-6-18(26)16-19)36(32,33)21-12-10-20(35-2)11-13-21/h3-13,16H,14-15,17H2,1-2H3,(H,27,31)(H,28,30). The minimum atomic E-state index is -4.22. The van der Waals surface area contributed by atoms with Crippen molar-refractivity contribution in [2.24, 2.45) is 0 Å². The van der Waals surface area contributed by atoms with Crippen LogP contribution in [-0.4, -0.2) is 53.3 Å². The maximum Gasteiger partial charge on any atom is 0.264 e. The molecule has 0 radical (unpaired) electrons. The highest BCUT2D eigenvalue weighted by atomic mass is 32.2. The number of nitrogens with one attached hydrogen (secondary N) is 2. The highest BCUT2D eigenvalue weighted by Gasteiger charge is 2.28. The number of carbonyl (C=O) groups is 2. The summed E-state index contributed by atoms with van der Waals surface area (Å²) in [6, 6.07) is 17.5. The van der Waals surface area contributed by atoms with Crippen molar-refractivity contribution in [3.05, 3.63) is 84.2 Å². The van der Waals surface area contributed by atoms with E-state index in [0.717, 1.165) is 15.3 Å². The molecule has 0 fully saturated rings. The van der Waals surface area contributed by atoms with Crippen LogP contribution in [0.1, 0.15) is 10.4 Å². The van der Waals surface area contributed by atoms with Gasteiger partial charge in [-0.2, -0.15) is 0 Å². The van der Waals surface area contributed by atoms with Crippen molar-refractivity contribution in [1.29, 1.82) is 0 Å². The van der Waals surface area contributed by atoms with Crippen molar-refractivity contribution in [2.45, 2.75) is 9.79 Å². The Balaban J connectivity index is 1.89. The molecule has 0 spiro atoms. The lowest BCUT2D eigenvalue weighted by Gasteiger charge is -2.24. The smallest absolute Gasteiger partial charge is 0.264 e. The molecule has 8 nitrogen and oxygen atoms in total. The fraction of sp³-hybridized carbons (Fsp3) is 0.200. The van der Waals surface area contributed by atoms with Gasteiger partial charge in [0.2, 0.25) is 5.91 Å². The van der Waals surface area contributed by atoms with Crippen LogP contribution >= 0.6 is 11.8 Å². The van der Waals surface area contributed by atoms with Gasteiger partial charge in [0.25, 0.3) is 15.9 Å². The van der Waals surface area contributed by atoms with Crippen LogP contribution < -0.4 is 14.9 Å². The zero-order chi connectivity index (χ0) is 26.1. The molecule has 3 aromatic rings. The lowest BCUT2D eigenvalue weighted by Crippen LogP contribution is -2.38. The van der Waals surface area contributed by atoms with Crippen LogP contribution in [0.25, 0.3) is 0 Å². The Hall–Kier alpha value is -3.41. The molecule has 36 heavy (non-hydrogen) atoms. The van der Waals surface area contributed by atoms with Crippen LogP contribution in [0, 0.1) is 5.82 Å². The molecule has 0 aliphatic rings. The molecule has 0 unspecified atom stereocenters. The van der Waals surface area contributed by atoms with Crippen molar-refractivity contribution >= 4 is 45.0 Å². The van der Waals surface area contributed by atoms with E-state index in [0.29, 0.717) is 6.61 Å². The van der Waals surface area contributed by atoms with E-state index >= 15 is 0 Å². The lowest BCUT2D eigenvalue weighted by atomic mass is 10.1. The van der Waals surface area contributed by atoms with Crippen molar-refractivity contribution < 1.29 is 27.1 Å². The van der Waals surface area contributed by atoms with E-state index in [-0.39, 0.29) is 28.4 Å². The Kier molecular flexibility index (Phi) is 9.45. The molecule has 0 aromatic heterocycles. The Morgan fingerprint density at radius 3 is 2.42 bits per heavy atom. The van der Waals surface area contributed by atoms with Gasteiger partial charge in [0.05, 0.1) is 28.4 Å². The number of thioether (sulfide) groups is 1. The number of para-hydroxylation sites is 1. The highest BCUT2D eigenvalue weighted by Crippen LogP contribution is 2.26. The summed E-state index contributed by atoms with van der Waals surface area (Å²) in [5.41, 5.74) is 0.401. The molecular weight excluding hydrogens is 505 g/mol. The van der Waals surface area contributed by atoms with Crippen molar-refractivity contribution in [2.75, 3.05) is 42.7 Å². The van der Waals surface area contributed by atoms with Gasteiger partial charge in [0.1, 0.15) is 12.4 Å². The zero-order valence-corrected chi connectivity index (χ0v) is 21.4. The second-order valence-corrected chi connectivity index (χ2v) is 10.3. The van der Waals surface area contributed by atoms with Crippen LogP contribution in [0.3, 0.4) is 0 Å². The summed E-state index contributed by atoms with van der Waals surface area (Å²) in [5, 5.41) is 5.28. The van der Waals surface area contributed by atoms with Gasteiger partial charge in [-0.15, -0.1) is 11.8 Å². The SMILES string of the molecule is COCCNC(=O)c1ccccc1NC(=O)CN(c1cccc(F)c1)S(=O)(=O)c1ccc(SC)cc1. The van der Waals surface area contributed by atoms with Crippen LogP contribution in [0.15, 0.2) is 82.6 Å². The molecular formula is C25H26FN3O5S2. The highest BCUT2D eigenvalue weighted by molar-refractivity contribution is 7.98. The molecule has 3 rings (SSSR count). The summed E-state index contributed by atoms with van der Waals surface area (Å²) >= 11 is 1.45. The number of sulfonamides is 1. The van der Waals surface area contributed by atoms with E-state index in [2.05, 4.69) is 10.6 Å². The average molecular weight is 532 g/mol. The first-order valence-electron chi connectivity index (χ1n) is 10.8. The van der Waals surface area contributed by atoms with E-state index < -0.39 is 34.2 Å². The molecule has 2 N–H and O–H groups in total. The maximum atomic E-state index is 14.0. The molecule has 190 valence electrons. The minimum Gasteiger partial charge on any atom is -0.383 e. The molecule has 0 aliphatic carbocycles. The van der Waals surface area contributed by atoms with Gasteiger partial charge in [-0.25, -0.2) is 12.8 Å². The number of benzene rings is 3. The number of anilines is 2. The largest absolute Gasteiger partial charge is 0.383 e. The number of nitrogens with zero attached hydrogens (tertiary/aromatic N) is 1. The van der Waals surface area contributed by atoms with Crippen LogP contribution in [0.2, 0.25) is 0 Å². The summed E-state index contributed by atoms with van der Waals surface area (Å²) in [6.45, 7) is -0.0487. The molecule has 0 aliphatic heterocycles. The monoisotopic (exact) mass is 531 g/mol. The first-order valence-corrected chi connectivity index (χ1v) is 13.5. The number of hydrogen-bond acceptors (Lipinski definition) is 6. The third-order valence-electron chi connectivity index (χ3n) is 5.07. The van der Waals surface area contributed by atoms with Crippen LogP contribution in [0.4, 0.5) is 15.8 Å². The van der Waals surface area contributed by atoms with Gasteiger partial charge in [0, 0.05) is 18.6 Å². The first kappa shape index (κ1) is 27.2. The molecule has 3 aromatic carbocycles. The number of amides is 2. The lowest BCUT2D eigenvalue weighted by molar-refractivity contribution is -0.114. The summed E-state index contributed by atoms with van der Waals surface area (Å²) in [7, 11) is -2.71. The predicted octanol–water partition coefficient (Wildman–Crippen LogP) is 3.76. The topological polar surface area (TPSA) is 105 Å². The van der Waals surface area contributed by atoms with Gasteiger partial charge in [-0.3, -0.25) is 13.9 Å². The Bertz CT molecular complexity index is 1320. The summed E-state index contributed by atoms with van der Waals surface area (Å²) < 4.78 is 46.7. The van der Waals surface area contributed by atoms with E-state index in [1.54, 1.807) is 24.3 Å². The third-order valence-corrected chi connectivity index (χ3v) is 7.60. The number of carbonyl (C=O) groups excluding carboxylic acids is 2. The zero-order valence-electron chi connectivity index (χ0n) is 19.7. The van der Waals surface area contributed by atoms with E-state index in [4.69, 9.17) is 4.74 Å². The Morgan fingerprint density at radius 1 is 1.03 bits per heavy atom. The van der Waals surface area contributed by atoms with E-state index in [1.807, 2.05) is 6.26 Å². The second kappa shape index (κ2) is 12.5. The minimum absolute atomic E-state index is 0.00955. The van der Waals surface area contributed by atoms with Crippen molar-refractivity contribution in [3.8, 4) is 0 Å². The van der Waals surface area contributed by atoms with E-state index in [1.165, 1.54) is 61.3 Å². The molecule has 0 saturated heterocycles. The van der Waals surface area contributed by atoms with Gasteiger partial charge in [0.15, 0.2) is 0 Å². The van der Waals surface area contributed by atoms with Crippen molar-refractivity contribution in [1.82, 2.24) is 5.32 Å². The Morgan fingerprint density at radius 2 is 1.75 bits per heavy atom. The number of halogens is 1.